The first-order valence-electron chi connectivity index (χ1n) is 9.37. The Morgan fingerprint density at radius 1 is 1.20 bits per heavy atom. The fourth-order valence-corrected chi connectivity index (χ4v) is 3.45. The topological polar surface area (TPSA) is 56.8 Å². The third kappa shape index (κ3) is 5.61. The molecule has 2 amide bonds. The van der Waals surface area contributed by atoms with Crippen LogP contribution in [0.5, 0.6) is 0 Å². The molecule has 2 heterocycles. The van der Waals surface area contributed by atoms with Crippen molar-refractivity contribution in [3.8, 4) is 0 Å². The number of morpholine rings is 1. The van der Waals surface area contributed by atoms with E-state index in [9.17, 15) is 4.79 Å². The second-order valence-electron chi connectivity index (χ2n) is 6.96. The second-order valence-corrected chi connectivity index (χ2v) is 6.96. The summed E-state index contributed by atoms with van der Waals surface area (Å²) in [5.74, 6) is 0. The number of rotatable bonds is 5. The molecule has 6 heteroatoms. The molecule has 3 rings (SSSR count). The lowest BCUT2D eigenvalue weighted by Gasteiger charge is -2.33. The summed E-state index contributed by atoms with van der Waals surface area (Å²) >= 11 is 0. The summed E-state index contributed by atoms with van der Waals surface area (Å²) in [5, 5.41) is 6.65. The number of piperidine rings is 1. The Balaban J connectivity index is 1.34. The van der Waals surface area contributed by atoms with Gasteiger partial charge in [0.2, 0.25) is 0 Å². The Kier molecular flexibility index (Phi) is 6.53. The molecule has 2 aliphatic rings. The lowest BCUT2D eigenvalue weighted by molar-refractivity contribution is 0.0385. The largest absolute Gasteiger partial charge is 0.382 e. The molecule has 0 saturated carbocycles. The lowest BCUT2D eigenvalue weighted by Crippen LogP contribution is -2.49. The summed E-state index contributed by atoms with van der Waals surface area (Å²) < 4.78 is 5.34. The third-order valence-electron chi connectivity index (χ3n) is 4.98. The first kappa shape index (κ1) is 18.0. The summed E-state index contributed by atoms with van der Waals surface area (Å²) in [6.45, 7) is 8.87. The van der Waals surface area contributed by atoms with Crippen LogP contribution in [0, 0.1) is 6.92 Å². The predicted octanol–water partition coefficient (Wildman–Crippen LogP) is 1.91. The van der Waals surface area contributed by atoms with Crippen LogP contribution in [0.25, 0.3) is 0 Å². The van der Waals surface area contributed by atoms with E-state index in [1.807, 2.05) is 4.90 Å². The van der Waals surface area contributed by atoms with Crippen LogP contribution in [-0.4, -0.2) is 74.4 Å². The zero-order valence-electron chi connectivity index (χ0n) is 15.2. The van der Waals surface area contributed by atoms with E-state index in [0.29, 0.717) is 12.6 Å². The molecule has 138 valence electrons. The van der Waals surface area contributed by atoms with Crippen LogP contribution in [0.2, 0.25) is 0 Å². The molecule has 2 fully saturated rings. The smallest absolute Gasteiger partial charge is 0.317 e. The van der Waals surface area contributed by atoms with Crippen LogP contribution in [0.1, 0.15) is 18.4 Å². The number of ether oxygens (including phenoxy) is 1. The highest BCUT2D eigenvalue weighted by Gasteiger charge is 2.22. The van der Waals surface area contributed by atoms with Crippen LogP contribution >= 0.6 is 0 Å². The van der Waals surface area contributed by atoms with E-state index in [-0.39, 0.29) is 6.03 Å². The number of anilines is 1. The SMILES string of the molecule is Cc1cccc(NC2CCN(C(=O)NCCN3CCOCC3)CC2)c1. The molecular formula is C19H30N4O2. The maximum Gasteiger partial charge on any atom is 0.317 e. The van der Waals surface area contributed by atoms with Crippen molar-refractivity contribution < 1.29 is 9.53 Å². The average Bonchev–Trinajstić information content (AvgIpc) is 2.63. The van der Waals surface area contributed by atoms with Crippen molar-refractivity contribution in [3.05, 3.63) is 29.8 Å². The number of urea groups is 1. The minimum atomic E-state index is 0.0715. The van der Waals surface area contributed by atoms with Crippen molar-refractivity contribution in [3.63, 3.8) is 0 Å². The Hall–Kier alpha value is -1.79. The second kappa shape index (κ2) is 9.06. The number of carbonyl (C=O) groups is 1. The van der Waals surface area contributed by atoms with E-state index in [2.05, 4.69) is 46.7 Å². The van der Waals surface area contributed by atoms with Gasteiger partial charge in [-0.3, -0.25) is 4.90 Å². The van der Waals surface area contributed by atoms with Crippen molar-refractivity contribution in [2.24, 2.45) is 0 Å². The van der Waals surface area contributed by atoms with Gasteiger partial charge in [-0.25, -0.2) is 4.79 Å². The van der Waals surface area contributed by atoms with Gasteiger partial charge in [0.25, 0.3) is 0 Å². The molecule has 2 saturated heterocycles. The molecule has 25 heavy (non-hydrogen) atoms. The highest BCUT2D eigenvalue weighted by molar-refractivity contribution is 5.74. The highest BCUT2D eigenvalue weighted by Crippen LogP contribution is 2.17. The number of hydrogen-bond acceptors (Lipinski definition) is 4. The van der Waals surface area contributed by atoms with Gasteiger partial charge in [-0.2, -0.15) is 0 Å². The number of aryl methyl sites for hydroxylation is 1. The number of amides is 2. The molecule has 0 radical (unpaired) electrons. The van der Waals surface area contributed by atoms with Crippen LogP contribution in [0.3, 0.4) is 0 Å². The maximum absolute atomic E-state index is 12.3. The summed E-state index contributed by atoms with van der Waals surface area (Å²) in [6.07, 6.45) is 1.98. The average molecular weight is 346 g/mol. The number of carbonyl (C=O) groups excluding carboxylic acids is 1. The summed E-state index contributed by atoms with van der Waals surface area (Å²) in [4.78, 5) is 16.6. The van der Waals surface area contributed by atoms with E-state index < -0.39 is 0 Å². The molecule has 1 aromatic carbocycles. The van der Waals surface area contributed by atoms with Crippen LogP contribution in [0.4, 0.5) is 10.5 Å². The molecule has 0 spiro atoms. The standard InChI is InChI=1S/C19H30N4O2/c1-16-3-2-4-18(15-16)21-17-5-8-23(9-6-17)19(24)20-7-10-22-11-13-25-14-12-22/h2-4,15,17,21H,5-14H2,1H3,(H,20,24). The molecule has 0 bridgehead atoms. The normalized spacial score (nSPS) is 19.6. The number of likely N-dealkylation sites (tertiary alicyclic amines) is 1. The molecule has 0 unspecified atom stereocenters. The van der Waals surface area contributed by atoms with Crippen molar-refractivity contribution >= 4 is 11.7 Å². The number of benzene rings is 1. The van der Waals surface area contributed by atoms with Crippen molar-refractivity contribution in [2.75, 3.05) is 57.8 Å². The van der Waals surface area contributed by atoms with Crippen LogP contribution in [-0.2, 0) is 4.74 Å². The van der Waals surface area contributed by atoms with Gasteiger partial charge in [0.05, 0.1) is 13.2 Å². The van der Waals surface area contributed by atoms with Gasteiger partial charge < -0.3 is 20.3 Å². The molecular weight excluding hydrogens is 316 g/mol. The van der Waals surface area contributed by atoms with E-state index in [1.54, 1.807) is 0 Å². The number of nitrogens with zero attached hydrogens (tertiary/aromatic N) is 2. The van der Waals surface area contributed by atoms with E-state index in [0.717, 1.165) is 58.8 Å². The fraction of sp³-hybridized carbons (Fsp3) is 0.632. The van der Waals surface area contributed by atoms with Gasteiger partial charge in [-0.1, -0.05) is 12.1 Å². The molecule has 0 atom stereocenters. The highest BCUT2D eigenvalue weighted by atomic mass is 16.5. The number of nitrogens with one attached hydrogen (secondary N) is 2. The van der Waals surface area contributed by atoms with Crippen LogP contribution < -0.4 is 10.6 Å². The molecule has 6 nitrogen and oxygen atoms in total. The summed E-state index contributed by atoms with van der Waals surface area (Å²) in [7, 11) is 0. The van der Waals surface area contributed by atoms with E-state index in [4.69, 9.17) is 4.74 Å². The Morgan fingerprint density at radius 3 is 2.68 bits per heavy atom. The molecule has 2 aliphatic heterocycles. The fourth-order valence-electron chi connectivity index (χ4n) is 3.45. The summed E-state index contributed by atoms with van der Waals surface area (Å²) in [6, 6.07) is 8.98. The Morgan fingerprint density at radius 2 is 1.96 bits per heavy atom. The third-order valence-corrected chi connectivity index (χ3v) is 4.98. The van der Waals surface area contributed by atoms with Crippen molar-refractivity contribution in [1.29, 1.82) is 0 Å². The summed E-state index contributed by atoms with van der Waals surface area (Å²) in [5.41, 5.74) is 2.44. The monoisotopic (exact) mass is 346 g/mol. The lowest BCUT2D eigenvalue weighted by atomic mass is 10.0. The van der Waals surface area contributed by atoms with Crippen molar-refractivity contribution in [2.45, 2.75) is 25.8 Å². The quantitative estimate of drug-likeness (QED) is 0.855. The van der Waals surface area contributed by atoms with Gasteiger partial charge >= 0.3 is 6.03 Å². The molecule has 1 aromatic rings. The minimum absolute atomic E-state index is 0.0715. The predicted molar refractivity (Wildman–Crippen MR) is 100 cm³/mol. The molecule has 2 N–H and O–H groups in total. The van der Waals surface area contributed by atoms with Gasteiger partial charge in [-0.15, -0.1) is 0 Å². The zero-order chi connectivity index (χ0) is 17.5. The van der Waals surface area contributed by atoms with Crippen molar-refractivity contribution in [1.82, 2.24) is 15.1 Å². The van der Waals surface area contributed by atoms with Gasteiger partial charge in [0.15, 0.2) is 0 Å². The Labute approximate surface area is 150 Å². The van der Waals surface area contributed by atoms with E-state index >= 15 is 0 Å². The first-order chi connectivity index (χ1) is 12.2. The van der Waals surface area contributed by atoms with Crippen LogP contribution in [0.15, 0.2) is 24.3 Å². The van der Waals surface area contributed by atoms with Gasteiger partial charge in [0.1, 0.15) is 0 Å². The van der Waals surface area contributed by atoms with E-state index in [1.165, 1.54) is 11.3 Å². The maximum atomic E-state index is 12.3. The minimum Gasteiger partial charge on any atom is -0.382 e. The van der Waals surface area contributed by atoms with Gasteiger partial charge in [-0.05, 0) is 37.5 Å². The van der Waals surface area contributed by atoms with Gasteiger partial charge in [0, 0.05) is 51.0 Å². The molecule has 0 aromatic heterocycles. The zero-order valence-corrected chi connectivity index (χ0v) is 15.2. The number of hydrogen-bond donors (Lipinski definition) is 2. The molecule has 0 aliphatic carbocycles. The Bertz CT molecular complexity index is 552. The first-order valence-corrected chi connectivity index (χ1v) is 9.37.